The normalized spacial score (nSPS) is 25.3. The third-order valence-electron chi connectivity index (χ3n) is 5.96. The maximum atomic E-state index is 12.3. The lowest BCUT2D eigenvalue weighted by atomic mass is 9.82. The minimum atomic E-state index is -1.13. The number of methoxy groups -OCH3 is 1. The number of nitrogens with two attached hydrogens (primary N) is 1. The molecule has 1 aromatic carbocycles. The molecule has 2 bridgehead atoms. The van der Waals surface area contributed by atoms with Gasteiger partial charge >= 0.3 is 12.1 Å². The molecule has 2 fully saturated rings. The molecule has 0 radical (unpaired) electrons. The molecule has 4 rings (SSSR count). The minimum Gasteiger partial charge on any atom is -0.497 e. The van der Waals surface area contributed by atoms with E-state index in [0.717, 1.165) is 18.4 Å². The predicted octanol–water partition coefficient (Wildman–Crippen LogP) is 2.47. The lowest BCUT2D eigenvalue weighted by molar-refractivity contribution is 0.0377. The van der Waals surface area contributed by atoms with Crippen LogP contribution in [-0.2, 0) is 4.74 Å². The van der Waals surface area contributed by atoms with Crippen molar-refractivity contribution in [2.24, 2.45) is 5.73 Å². The average Bonchev–Trinajstić information content (AvgIpc) is 3.00. The van der Waals surface area contributed by atoms with E-state index in [4.69, 9.17) is 10.5 Å². The van der Waals surface area contributed by atoms with E-state index in [1.807, 2.05) is 10.7 Å². The number of ether oxygens (including phenoxy) is 2. The quantitative estimate of drug-likeness (QED) is 0.656. The zero-order chi connectivity index (χ0) is 19.1. The number of carbonyl (C=O) groups is 2. The molecule has 144 valence electrons. The van der Waals surface area contributed by atoms with Crippen molar-refractivity contribution in [2.75, 3.05) is 14.2 Å². The fourth-order valence-corrected chi connectivity index (χ4v) is 4.60. The van der Waals surface area contributed by atoms with Gasteiger partial charge in [0.05, 0.1) is 18.7 Å². The van der Waals surface area contributed by atoms with Gasteiger partial charge in [-0.2, -0.15) is 5.10 Å². The summed E-state index contributed by atoms with van der Waals surface area (Å²) in [5, 5.41) is 5.18. The van der Waals surface area contributed by atoms with Crippen LogP contribution < -0.4 is 10.5 Å². The van der Waals surface area contributed by atoms with Crippen molar-refractivity contribution in [1.29, 1.82) is 0 Å². The topological polar surface area (TPSA) is 99.7 Å². The molecule has 1 aromatic heterocycles. The Morgan fingerprint density at radius 3 is 2.52 bits per heavy atom. The van der Waals surface area contributed by atoms with Crippen molar-refractivity contribution < 1.29 is 19.1 Å². The molecule has 3 heterocycles. The molecule has 2 aromatic rings. The van der Waals surface area contributed by atoms with Gasteiger partial charge in [-0.15, -0.1) is 0 Å². The maximum Gasteiger partial charge on any atom is 0.412 e. The zero-order valence-electron chi connectivity index (χ0n) is 15.6. The highest BCUT2D eigenvalue weighted by Gasteiger charge is 2.38. The molecule has 2 unspecified atom stereocenters. The Morgan fingerprint density at radius 1 is 1.19 bits per heavy atom. The van der Waals surface area contributed by atoms with Crippen LogP contribution in [-0.4, -0.2) is 53.0 Å². The Kier molecular flexibility index (Phi) is 4.51. The fraction of sp³-hybridized carbons (Fsp3) is 0.526. The summed E-state index contributed by atoms with van der Waals surface area (Å²) in [6, 6.07) is 6.63. The summed E-state index contributed by atoms with van der Waals surface area (Å²) >= 11 is 0. The van der Waals surface area contributed by atoms with Crippen LogP contribution >= 0.6 is 0 Å². The van der Waals surface area contributed by atoms with E-state index >= 15 is 0 Å². The summed E-state index contributed by atoms with van der Waals surface area (Å²) in [4.78, 5) is 25.8. The smallest absolute Gasteiger partial charge is 0.412 e. The first-order valence-corrected chi connectivity index (χ1v) is 9.27. The highest BCUT2D eigenvalue weighted by atomic mass is 16.6. The highest BCUT2D eigenvalue weighted by Crippen LogP contribution is 2.39. The molecule has 2 aliphatic heterocycles. The number of esters is 1. The Labute approximate surface area is 157 Å². The standard InChI is InChI=1S/C19H24N4O4/c1-22-11-4-3-5-12(22)9-13(8-11)23-16-10-14(26-2)6-7-15(16)17(21-23)18(24)27-19(20)25/h6-7,10-13H,3-5,8-9H2,1-2H3,(H2,20,25). The lowest BCUT2D eigenvalue weighted by Gasteiger charge is -2.47. The minimum absolute atomic E-state index is 0.107. The first-order valence-electron chi connectivity index (χ1n) is 9.27. The number of hydrogen-bond acceptors (Lipinski definition) is 6. The first-order chi connectivity index (χ1) is 13.0. The Balaban J connectivity index is 1.77. The lowest BCUT2D eigenvalue weighted by Crippen LogP contribution is -2.50. The number of carbonyl (C=O) groups excluding carboxylic acids is 2. The number of amides is 1. The van der Waals surface area contributed by atoms with Crippen LogP contribution in [0.4, 0.5) is 4.79 Å². The molecule has 2 N–H and O–H groups in total. The molecule has 2 atom stereocenters. The number of rotatable bonds is 3. The van der Waals surface area contributed by atoms with Gasteiger partial charge < -0.3 is 20.1 Å². The van der Waals surface area contributed by atoms with E-state index in [1.165, 1.54) is 19.3 Å². The van der Waals surface area contributed by atoms with Crippen molar-refractivity contribution in [1.82, 2.24) is 14.7 Å². The van der Waals surface area contributed by atoms with Crippen LogP contribution in [0.2, 0.25) is 0 Å². The van der Waals surface area contributed by atoms with Gasteiger partial charge in [0.1, 0.15) is 5.75 Å². The van der Waals surface area contributed by atoms with E-state index in [-0.39, 0.29) is 11.7 Å². The van der Waals surface area contributed by atoms with Crippen LogP contribution in [0, 0.1) is 0 Å². The van der Waals surface area contributed by atoms with Crippen LogP contribution in [0.25, 0.3) is 10.9 Å². The van der Waals surface area contributed by atoms with E-state index in [2.05, 4.69) is 21.8 Å². The van der Waals surface area contributed by atoms with Crippen LogP contribution in [0.1, 0.15) is 48.6 Å². The van der Waals surface area contributed by atoms with Gasteiger partial charge in [-0.05, 0) is 44.9 Å². The van der Waals surface area contributed by atoms with Gasteiger partial charge in [0.25, 0.3) is 0 Å². The Hall–Kier alpha value is -2.61. The van der Waals surface area contributed by atoms with Crippen LogP contribution in [0.3, 0.4) is 0 Å². The molecular formula is C19H24N4O4. The summed E-state index contributed by atoms with van der Waals surface area (Å²) in [6.07, 6.45) is 4.45. The summed E-state index contributed by atoms with van der Waals surface area (Å²) < 4.78 is 11.8. The molecule has 8 nitrogen and oxygen atoms in total. The van der Waals surface area contributed by atoms with Crippen LogP contribution in [0.5, 0.6) is 5.75 Å². The van der Waals surface area contributed by atoms with Gasteiger partial charge in [-0.25, -0.2) is 9.59 Å². The number of nitrogens with zero attached hydrogens (tertiary/aromatic N) is 3. The predicted molar refractivity (Wildman–Crippen MR) is 98.7 cm³/mol. The Morgan fingerprint density at radius 2 is 1.89 bits per heavy atom. The molecule has 2 saturated heterocycles. The largest absolute Gasteiger partial charge is 0.497 e. The van der Waals surface area contributed by atoms with Crippen molar-refractivity contribution in [2.45, 2.75) is 50.2 Å². The number of benzene rings is 1. The van der Waals surface area contributed by atoms with Crippen molar-refractivity contribution in [3.05, 3.63) is 23.9 Å². The maximum absolute atomic E-state index is 12.3. The fourth-order valence-electron chi connectivity index (χ4n) is 4.60. The third kappa shape index (κ3) is 3.14. The van der Waals surface area contributed by atoms with Crippen molar-refractivity contribution in [3.63, 3.8) is 0 Å². The number of aromatic nitrogens is 2. The molecule has 0 saturated carbocycles. The summed E-state index contributed by atoms with van der Waals surface area (Å²) in [5.41, 5.74) is 5.92. The highest BCUT2D eigenvalue weighted by molar-refractivity contribution is 6.05. The first kappa shape index (κ1) is 17.8. The number of piperidine rings is 2. The van der Waals surface area contributed by atoms with E-state index in [9.17, 15) is 9.59 Å². The molecule has 2 aliphatic rings. The van der Waals surface area contributed by atoms with Gasteiger partial charge in [-0.1, -0.05) is 6.42 Å². The van der Waals surface area contributed by atoms with Crippen molar-refractivity contribution in [3.8, 4) is 5.75 Å². The third-order valence-corrected chi connectivity index (χ3v) is 5.96. The number of hydrogen-bond donors (Lipinski definition) is 1. The zero-order valence-corrected chi connectivity index (χ0v) is 15.6. The van der Waals surface area contributed by atoms with Gasteiger partial charge in [0, 0.05) is 23.5 Å². The van der Waals surface area contributed by atoms with Gasteiger partial charge in [0.2, 0.25) is 0 Å². The summed E-state index contributed by atoms with van der Waals surface area (Å²) in [5.74, 6) is -0.142. The summed E-state index contributed by atoms with van der Waals surface area (Å²) in [7, 11) is 3.80. The molecule has 1 amide bonds. The molecule has 8 heteroatoms. The second-order valence-corrected chi connectivity index (χ2v) is 7.41. The monoisotopic (exact) mass is 372 g/mol. The molecule has 27 heavy (non-hydrogen) atoms. The van der Waals surface area contributed by atoms with Crippen LogP contribution in [0.15, 0.2) is 18.2 Å². The Bertz CT molecular complexity index is 879. The second kappa shape index (κ2) is 6.84. The number of primary amides is 1. The summed E-state index contributed by atoms with van der Waals surface area (Å²) in [6.45, 7) is 0. The number of fused-ring (bicyclic) bond motifs is 3. The second-order valence-electron chi connectivity index (χ2n) is 7.41. The van der Waals surface area contributed by atoms with E-state index in [0.29, 0.717) is 23.2 Å². The molecule has 0 spiro atoms. The van der Waals surface area contributed by atoms with E-state index in [1.54, 1.807) is 19.2 Å². The van der Waals surface area contributed by atoms with Gasteiger partial charge in [-0.3, -0.25) is 4.68 Å². The SMILES string of the molecule is COc1ccc2c(C(=O)OC(N)=O)nn(C3CC4CCCC(C3)N4C)c2c1. The van der Waals surface area contributed by atoms with Crippen molar-refractivity contribution >= 4 is 23.0 Å². The molecule has 0 aliphatic carbocycles. The molecular weight excluding hydrogens is 348 g/mol. The van der Waals surface area contributed by atoms with Gasteiger partial charge in [0.15, 0.2) is 5.69 Å². The average molecular weight is 372 g/mol. The van der Waals surface area contributed by atoms with E-state index < -0.39 is 12.1 Å².